The minimum absolute atomic E-state index is 0.895. The van der Waals surface area contributed by atoms with E-state index in [-0.39, 0.29) is 0 Å². The molecule has 0 aliphatic heterocycles. The van der Waals surface area contributed by atoms with Crippen molar-refractivity contribution in [2.45, 2.75) is 36.9 Å². The summed E-state index contributed by atoms with van der Waals surface area (Å²) in [5.74, 6) is 2.93. The highest BCUT2D eigenvalue weighted by Crippen LogP contribution is 2.23. The first-order valence-electron chi connectivity index (χ1n) is 5.98. The molecule has 0 atom stereocenters. The van der Waals surface area contributed by atoms with E-state index in [1.165, 1.54) is 43.8 Å². The molecule has 1 heterocycles. The highest BCUT2D eigenvalue weighted by Gasteiger charge is 2.13. The van der Waals surface area contributed by atoms with Crippen molar-refractivity contribution in [3.8, 4) is 0 Å². The third-order valence-electron chi connectivity index (χ3n) is 2.92. The number of aromatic nitrogens is 2. The number of hydrogen-bond acceptors (Lipinski definition) is 5. The van der Waals surface area contributed by atoms with E-state index in [1.54, 1.807) is 11.8 Å². The zero-order chi connectivity index (χ0) is 11.2. The summed E-state index contributed by atoms with van der Waals surface area (Å²) in [5.41, 5.74) is 0. The van der Waals surface area contributed by atoms with Gasteiger partial charge in [0, 0.05) is 12.3 Å². The molecule has 1 saturated carbocycles. The summed E-state index contributed by atoms with van der Waals surface area (Å²) in [4.78, 5) is 4.33. The lowest BCUT2D eigenvalue weighted by Crippen LogP contribution is -2.23. The minimum atomic E-state index is 0.895. The van der Waals surface area contributed by atoms with Gasteiger partial charge in [-0.25, -0.2) is 4.98 Å². The van der Waals surface area contributed by atoms with Gasteiger partial charge in [-0.05, 0) is 43.8 Å². The van der Waals surface area contributed by atoms with Crippen molar-refractivity contribution in [1.82, 2.24) is 14.7 Å². The van der Waals surface area contributed by atoms with Crippen LogP contribution in [0.3, 0.4) is 0 Å². The third-order valence-corrected chi connectivity index (χ3v) is 4.85. The van der Waals surface area contributed by atoms with Crippen LogP contribution in [0.25, 0.3) is 0 Å². The van der Waals surface area contributed by atoms with E-state index in [2.05, 4.69) is 14.7 Å². The second-order valence-electron chi connectivity index (χ2n) is 4.31. The average molecular weight is 257 g/mol. The number of rotatable bonds is 6. The summed E-state index contributed by atoms with van der Waals surface area (Å²) in [7, 11) is 0. The van der Waals surface area contributed by atoms with Gasteiger partial charge in [0.2, 0.25) is 0 Å². The Kier molecular flexibility index (Phi) is 5.06. The first-order valence-corrected chi connectivity index (χ1v) is 7.74. The Morgan fingerprint density at radius 3 is 2.94 bits per heavy atom. The van der Waals surface area contributed by atoms with Crippen LogP contribution in [0.15, 0.2) is 4.34 Å². The summed E-state index contributed by atoms with van der Waals surface area (Å²) < 4.78 is 5.27. The standard InChI is InChI=1S/C11H19N3S2/c1-9-13-11(16-14-9)15-7-6-12-8-10-4-2-3-5-10/h10,12H,2-8H2,1H3. The Morgan fingerprint density at radius 2 is 2.25 bits per heavy atom. The molecule has 1 aliphatic rings. The molecule has 0 bridgehead atoms. The number of hydrogen-bond donors (Lipinski definition) is 1. The molecule has 0 aromatic carbocycles. The SMILES string of the molecule is Cc1nsc(SCCNCC2CCCC2)n1. The van der Waals surface area contributed by atoms with Crippen LogP contribution in [0.2, 0.25) is 0 Å². The molecule has 0 unspecified atom stereocenters. The summed E-state index contributed by atoms with van der Waals surface area (Å²) in [6.07, 6.45) is 5.72. The van der Waals surface area contributed by atoms with E-state index in [4.69, 9.17) is 0 Å². The number of aryl methyl sites for hydroxylation is 1. The maximum absolute atomic E-state index is 4.33. The van der Waals surface area contributed by atoms with Crippen LogP contribution in [0, 0.1) is 12.8 Å². The zero-order valence-corrected chi connectivity index (χ0v) is 11.4. The maximum Gasteiger partial charge on any atom is 0.170 e. The Hall–Kier alpha value is -0.130. The Labute approximate surface area is 106 Å². The lowest BCUT2D eigenvalue weighted by Gasteiger charge is -2.09. The van der Waals surface area contributed by atoms with Crippen LogP contribution in [0.1, 0.15) is 31.5 Å². The van der Waals surface area contributed by atoms with E-state index in [1.807, 2.05) is 6.92 Å². The quantitative estimate of drug-likeness (QED) is 0.628. The summed E-state index contributed by atoms with van der Waals surface area (Å²) >= 11 is 3.31. The van der Waals surface area contributed by atoms with Crippen LogP contribution in [-0.2, 0) is 0 Å². The molecule has 0 radical (unpaired) electrons. The van der Waals surface area contributed by atoms with E-state index < -0.39 is 0 Å². The van der Waals surface area contributed by atoms with Gasteiger partial charge in [-0.3, -0.25) is 0 Å². The number of thioether (sulfide) groups is 1. The fraction of sp³-hybridized carbons (Fsp3) is 0.818. The van der Waals surface area contributed by atoms with Crippen molar-refractivity contribution < 1.29 is 0 Å². The van der Waals surface area contributed by atoms with Crippen LogP contribution in [0.4, 0.5) is 0 Å². The predicted octanol–water partition coefficient (Wildman–Crippen LogP) is 2.72. The van der Waals surface area contributed by atoms with Gasteiger partial charge in [-0.1, -0.05) is 24.6 Å². The van der Waals surface area contributed by atoms with E-state index in [0.29, 0.717) is 0 Å². The lowest BCUT2D eigenvalue weighted by molar-refractivity contribution is 0.500. The molecule has 0 saturated heterocycles. The molecule has 16 heavy (non-hydrogen) atoms. The summed E-state index contributed by atoms with van der Waals surface area (Å²) in [6.45, 7) is 4.23. The predicted molar refractivity (Wildman–Crippen MR) is 70.2 cm³/mol. The van der Waals surface area contributed by atoms with Crippen LogP contribution >= 0.6 is 23.3 Å². The normalized spacial score (nSPS) is 17.1. The first-order chi connectivity index (χ1) is 7.84. The molecule has 90 valence electrons. The molecule has 1 aromatic rings. The van der Waals surface area contributed by atoms with Crippen molar-refractivity contribution in [2.75, 3.05) is 18.8 Å². The molecule has 5 heteroatoms. The molecule has 1 aromatic heterocycles. The average Bonchev–Trinajstić information content (AvgIpc) is 2.89. The zero-order valence-electron chi connectivity index (χ0n) is 9.74. The van der Waals surface area contributed by atoms with E-state index in [0.717, 1.165) is 28.4 Å². The fourth-order valence-corrected chi connectivity index (χ4v) is 3.68. The molecule has 2 rings (SSSR count). The smallest absolute Gasteiger partial charge is 0.170 e. The molecular formula is C11H19N3S2. The van der Waals surface area contributed by atoms with Crippen LogP contribution in [-0.4, -0.2) is 28.2 Å². The molecule has 3 nitrogen and oxygen atoms in total. The number of nitrogens with zero attached hydrogens (tertiary/aromatic N) is 2. The molecule has 1 fully saturated rings. The number of nitrogens with one attached hydrogen (secondary N) is 1. The van der Waals surface area contributed by atoms with Gasteiger partial charge in [-0.15, -0.1) is 0 Å². The van der Waals surface area contributed by atoms with Crippen molar-refractivity contribution in [2.24, 2.45) is 5.92 Å². The van der Waals surface area contributed by atoms with E-state index >= 15 is 0 Å². The highest BCUT2D eigenvalue weighted by atomic mass is 32.2. The Balaban J connectivity index is 1.51. The van der Waals surface area contributed by atoms with E-state index in [9.17, 15) is 0 Å². The summed E-state index contributed by atoms with van der Waals surface area (Å²) in [5, 5.41) is 3.54. The van der Waals surface area contributed by atoms with Gasteiger partial charge in [-0.2, -0.15) is 4.37 Å². The van der Waals surface area contributed by atoms with Gasteiger partial charge in [0.1, 0.15) is 5.82 Å². The van der Waals surface area contributed by atoms with Crippen LogP contribution in [0.5, 0.6) is 0 Å². The largest absolute Gasteiger partial charge is 0.316 e. The van der Waals surface area contributed by atoms with Gasteiger partial charge >= 0.3 is 0 Å². The maximum atomic E-state index is 4.33. The molecule has 1 aliphatic carbocycles. The second kappa shape index (κ2) is 6.57. The van der Waals surface area contributed by atoms with Crippen LogP contribution < -0.4 is 5.32 Å². The van der Waals surface area contributed by atoms with Gasteiger partial charge in [0.25, 0.3) is 0 Å². The molecule has 0 amide bonds. The first kappa shape index (κ1) is 12.3. The Morgan fingerprint density at radius 1 is 1.44 bits per heavy atom. The van der Waals surface area contributed by atoms with Crippen molar-refractivity contribution >= 4 is 23.3 Å². The fourth-order valence-electron chi connectivity index (χ4n) is 2.07. The monoisotopic (exact) mass is 257 g/mol. The van der Waals surface area contributed by atoms with Gasteiger partial charge < -0.3 is 5.32 Å². The topological polar surface area (TPSA) is 37.8 Å². The minimum Gasteiger partial charge on any atom is -0.316 e. The van der Waals surface area contributed by atoms with Crippen molar-refractivity contribution in [1.29, 1.82) is 0 Å². The van der Waals surface area contributed by atoms with Gasteiger partial charge in [0.05, 0.1) is 0 Å². The Bertz CT molecular complexity index is 308. The third kappa shape index (κ3) is 4.03. The van der Waals surface area contributed by atoms with Crippen molar-refractivity contribution in [3.63, 3.8) is 0 Å². The highest BCUT2D eigenvalue weighted by molar-refractivity contribution is 8.00. The lowest BCUT2D eigenvalue weighted by atomic mass is 10.1. The molecule has 1 N–H and O–H groups in total. The molecule has 0 spiro atoms. The summed E-state index contributed by atoms with van der Waals surface area (Å²) in [6, 6.07) is 0. The van der Waals surface area contributed by atoms with Crippen molar-refractivity contribution in [3.05, 3.63) is 5.82 Å². The molecular weight excluding hydrogens is 238 g/mol. The van der Waals surface area contributed by atoms with Gasteiger partial charge in [0.15, 0.2) is 4.34 Å². The second-order valence-corrected chi connectivity index (χ2v) is 6.40.